The van der Waals surface area contributed by atoms with Crippen LogP contribution < -0.4 is 0 Å². The van der Waals surface area contributed by atoms with E-state index in [4.69, 9.17) is 11.6 Å². The summed E-state index contributed by atoms with van der Waals surface area (Å²) in [6, 6.07) is 6.64. The molecule has 0 radical (unpaired) electrons. The Bertz CT molecular complexity index is 656. The van der Waals surface area contributed by atoms with Crippen LogP contribution in [0.4, 0.5) is 13.2 Å². The Hall–Kier alpha value is -1.81. The van der Waals surface area contributed by atoms with Gasteiger partial charge in [-0.05, 0) is 41.5 Å². The zero-order valence-corrected chi connectivity index (χ0v) is 11.1. The molecular weight excluding hydrogens is 289 g/mol. The number of rotatable bonds is 4. The molecule has 0 saturated heterocycles. The number of hydrogen-bond acceptors (Lipinski definition) is 1. The summed E-state index contributed by atoms with van der Waals surface area (Å²) in [5.74, 6) is -2.07. The standard InChI is InChI=1S/C15H10ClF3O/c16-14-8-12(18)2-1-9(14)6-13(20)7-10-5-11(17)3-4-15(10)19/h1-5,8H,6-7H2. The summed E-state index contributed by atoms with van der Waals surface area (Å²) in [5.41, 5.74) is 0.447. The molecule has 0 aliphatic carbocycles. The summed E-state index contributed by atoms with van der Waals surface area (Å²) < 4.78 is 39.3. The van der Waals surface area contributed by atoms with Crippen molar-refractivity contribution in [2.75, 3.05) is 0 Å². The van der Waals surface area contributed by atoms with Gasteiger partial charge in [-0.2, -0.15) is 0 Å². The van der Waals surface area contributed by atoms with E-state index in [1.165, 1.54) is 12.1 Å². The van der Waals surface area contributed by atoms with E-state index in [1.54, 1.807) is 0 Å². The van der Waals surface area contributed by atoms with Gasteiger partial charge in [0.1, 0.15) is 23.2 Å². The molecule has 2 rings (SSSR count). The second-order valence-corrected chi connectivity index (χ2v) is 4.77. The Kier molecular flexibility index (Phi) is 4.45. The molecule has 0 aliphatic heterocycles. The third kappa shape index (κ3) is 3.61. The number of carbonyl (C=O) groups excluding carboxylic acids is 1. The minimum atomic E-state index is -0.634. The topological polar surface area (TPSA) is 17.1 Å². The SMILES string of the molecule is O=C(Cc1cc(F)ccc1F)Cc1ccc(F)cc1Cl. The molecule has 0 bridgehead atoms. The molecule has 0 spiro atoms. The highest BCUT2D eigenvalue weighted by Gasteiger charge is 2.12. The highest BCUT2D eigenvalue weighted by atomic mass is 35.5. The molecule has 104 valence electrons. The second-order valence-electron chi connectivity index (χ2n) is 4.36. The second kappa shape index (κ2) is 6.09. The summed E-state index contributed by atoms with van der Waals surface area (Å²) in [5, 5.41) is 0.137. The zero-order chi connectivity index (χ0) is 14.7. The van der Waals surface area contributed by atoms with Crippen LogP contribution in [0.2, 0.25) is 5.02 Å². The maximum absolute atomic E-state index is 13.4. The largest absolute Gasteiger partial charge is 0.299 e. The number of benzene rings is 2. The van der Waals surface area contributed by atoms with Crippen molar-refractivity contribution < 1.29 is 18.0 Å². The predicted molar refractivity (Wildman–Crippen MR) is 70.2 cm³/mol. The van der Waals surface area contributed by atoms with Gasteiger partial charge in [0.15, 0.2) is 0 Å². The van der Waals surface area contributed by atoms with Crippen LogP contribution in [0, 0.1) is 17.5 Å². The number of halogens is 4. The molecule has 0 saturated carbocycles. The highest BCUT2D eigenvalue weighted by molar-refractivity contribution is 6.31. The first-order valence-corrected chi connectivity index (χ1v) is 6.23. The molecule has 0 atom stereocenters. The molecule has 5 heteroatoms. The van der Waals surface area contributed by atoms with Crippen molar-refractivity contribution >= 4 is 17.4 Å². The zero-order valence-electron chi connectivity index (χ0n) is 10.3. The molecule has 0 unspecified atom stereocenters. The maximum atomic E-state index is 13.4. The highest BCUT2D eigenvalue weighted by Crippen LogP contribution is 2.19. The lowest BCUT2D eigenvalue weighted by atomic mass is 10.0. The van der Waals surface area contributed by atoms with E-state index in [-0.39, 0.29) is 29.2 Å². The van der Waals surface area contributed by atoms with Gasteiger partial charge >= 0.3 is 0 Å². The van der Waals surface area contributed by atoms with Crippen LogP contribution >= 0.6 is 11.6 Å². The molecule has 0 amide bonds. The van der Waals surface area contributed by atoms with Gasteiger partial charge in [-0.15, -0.1) is 0 Å². The number of hydrogen-bond donors (Lipinski definition) is 0. The van der Waals surface area contributed by atoms with E-state index in [1.807, 2.05) is 0 Å². The number of carbonyl (C=O) groups is 1. The van der Waals surface area contributed by atoms with Crippen molar-refractivity contribution in [1.82, 2.24) is 0 Å². The third-order valence-corrected chi connectivity index (χ3v) is 3.15. The van der Waals surface area contributed by atoms with Crippen LogP contribution in [0.3, 0.4) is 0 Å². The van der Waals surface area contributed by atoms with Gasteiger partial charge in [-0.3, -0.25) is 4.79 Å². The first-order valence-electron chi connectivity index (χ1n) is 5.85. The summed E-state index contributed by atoms with van der Waals surface area (Å²) in [6.07, 6.45) is -0.299. The first kappa shape index (κ1) is 14.6. The van der Waals surface area contributed by atoms with Crippen molar-refractivity contribution in [3.05, 3.63) is 70.0 Å². The van der Waals surface area contributed by atoms with Gasteiger partial charge in [0.25, 0.3) is 0 Å². The summed E-state index contributed by atoms with van der Waals surface area (Å²) in [7, 11) is 0. The lowest BCUT2D eigenvalue weighted by Crippen LogP contribution is -2.08. The van der Waals surface area contributed by atoms with E-state index in [2.05, 4.69) is 0 Å². The van der Waals surface area contributed by atoms with Crippen molar-refractivity contribution in [2.45, 2.75) is 12.8 Å². The fraction of sp³-hybridized carbons (Fsp3) is 0.133. The Labute approximate surface area is 119 Å². The minimum Gasteiger partial charge on any atom is -0.299 e. The Morgan fingerprint density at radius 3 is 2.20 bits per heavy atom. The number of ketones is 1. The first-order chi connectivity index (χ1) is 9.45. The predicted octanol–water partition coefficient (Wildman–Crippen LogP) is 4.11. The summed E-state index contributed by atoms with van der Waals surface area (Å²) >= 11 is 5.81. The molecule has 2 aromatic rings. The van der Waals surface area contributed by atoms with Crippen molar-refractivity contribution in [1.29, 1.82) is 0 Å². The molecule has 2 aromatic carbocycles. The molecule has 0 aliphatic rings. The van der Waals surface area contributed by atoms with Crippen LogP contribution in [0.15, 0.2) is 36.4 Å². The summed E-state index contributed by atoms with van der Waals surface area (Å²) in [4.78, 5) is 11.8. The molecule has 0 heterocycles. The lowest BCUT2D eigenvalue weighted by molar-refractivity contribution is -0.117. The monoisotopic (exact) mass is 298 g/mol. The molecule has 1 nitrogen and oxygen atoms in total. The van der Waals surface area contributed by atoms with Crippen LogP contribution in [-0.2, 0) is 17.6 Å². The van der Waals surface area contributed by atoms with Crippen LogP contribution in [0.5, 0.6) is 0 Å². The normalized spacial score (nSPS) is 10.6. The van der Waals surface area contributed by atoms with E-state index in [0.717, 1.165) is 24.3 Å². The molecule has 0 fully saturated rings. The van der Waals surface area contributed by atoms with Gasteiger partial charge in [0, 0.05) is 17.9 Å². The van der Waals surface area contributed by atoms with Crippen molar-refractivity contribution in [3.63, 3.8) is 0 Å². The van der Waals surface area contributed by atoms with Gasteiger partial charge in [-0.25, -0.2) is 13.2 Å². The molecule has 0 N–H and O–H groups in total. The Balaban J connectivity index is 2.11. The smallest absolute Gasteiger partial charge is 0.141 e. The third-order valence-electron chi connectivity index (χ3n) is 2.80. The fourth-order valence-corrected chi connectivity index (χ4v) is 2.07. The van der Waals surface area contributed by atoms with E-state index in [0.29, 0.717) is 5.56 Å². The van der Waals surface area contributed by atoms with E-state index < -0.39 is 17.5 Å². The minimum absolute atomic E-state index is 0.00626. The van der Waals surface area contributed by atoms with Gasteiger partial charge in [-0.1, -0.05) is 17.7 Å². The lowest BCUT2D eigenvalue weighted by Gasteiger charge is -2.05. The van der Waals surface area contributed by atoms with Crippen LogP contribution in [0.25, 0.3) is 0 Å². The van der Waals surface area contributed by atoms with Crippen molar-refractivity contribution in [2.24, 2.45) is 0 Å². The average Bonchev–Trinajstić information content (AvgIpc) is 2.37. The Morgan fingerprint density at radius 1 is 0.900 bits per heavy atom. The maximum Gasteiger partial charge on any atom is 0.141 e. The van der Waals surface area contributed by atoms with Crippen LogP contribution in [0.1, 0.15) is 11.1 Å². The van der Waals surface area contributed by atoms with E-state index in [9.17, 15) is 18.0 Å². The van der Waals surface area contributed by atoms with Gasteiger partial charge in [0.05, 0.1) is 0 Å². The van der Waals surface area contributed by atoms with Gasteiger partial charge < -0.3 is 0 Å². The average molecular weight is 299 g/mol. The molecule has 0 aromatic heterocycles. The fourth-order valence-electron chi connectivity index (χ4n) is 1.83. The quantitative estimate of drug-likeness (QED) is 0.830. The molecule has 20 heavy (non-hydrogen) atoms. The van der Waals surface area contributed by atoms with Gasteiger partial charge in [0.2, 0.25) is 0 Å². The number of Topliss-reactive ketones (excluding diaryl/α,β-unsaturated/α-hetero) is 1. The molecular formula is C15H10ClF3O. The van der Waals surface area contributed by atoms with Crippen LogP contribution in [-0.4, -0.2) is 5.78 Å². The Morgan fingerprint density at radius 2 is 1.50 bits per heavy atom. The summed E-state index contributed by atoms with van der Waals surface area (Å²) in [6.45, 7) is 0. The van der Waals surface area contributed by atoms with Crippen molar-refractivity contribution in [3.8, 4) is 0 Å². The van der Waals surface area contributed by atoms with E-state index >= 15 is 0 Å².